The first-order valence-corrected chi connectivity index (χ1v) is 8.03. The normalized spacial score (nSPS) is 15.6. The maximum Gasteiger partial charge on any atom is 0.349 e. The Bertz CT molecular complexity index is 1000. The van der Waals surface area contributed by atoms with E-state index in [1.165, 1.54) is 11.1 Å². The summed E-state index contributed by atoms with van der Waals surface area (Å²) < 4.78 is 5.28. The summed E-state index contributed by atoms with van der Waals surface area (Å²) in [5.74, 6) is -0.0469. The Morgan fingerprint density at radius 1 is 1.17 bits per heavy atom. The van der Waals surface area contributed by atoms with Crippen molar-refractivity contribution in [2.24, 2.45) is 0 Å². The van der Waals surface area contributed by atoms with Gasteiger partial charge in [0.1, 0.15) is 11.1 Å². The fourth-order valence-corrected chi connectivity index (χ4v) is 3.42. The SMILES string of the molecule is Cc1c(C(=O)NC[C@@H]2Cc3ccccc32)c(=O)oc2ccccc12. The van der Waals surface area contributed by atoms with Crippen LogP contribution in [-0.2, 0) is 6.42 Å². The van der Waals surface area contributed by atoms with E-state index in [2.05, 4.69) is 17.4 Å². The third kappa shape index (κ3) is 2.31. The fraction of sp³-hybridized carbons (Fsp3) is 0.200. The summed E-state index contributed by atoms with van der Waals surface area (Å²) in [5.41, 5.74) is 3.29. The van der Waals surface area contributed by atoms with Gasteiger partial charge in [-0.3, -0.25) is 4.79 Å². The van der Waals surface area contributed by atoms with Crippen molar-refractivity contribution in [3.05, 3.63) is 81.2 Å². The second-order valence-corrected chi connectivity index (χ2v) is 6.20. The number of aryl methyl sites for hydroxylation is 1. The number of fused-ring (bicyclic) bond motifs is 2. The van der Waals surface area contributed by atoms with Crippen LogP contribution in [0.1, 0.15) is 33.0 Å². The second kappa shape index (κ2) is 5.64. The molecule has 0 spiro atoms. The van der Waals surface area contributed by atoms with Gasteiger partial charge in [0, 0.05) is 17.8 Å². The molecule has 120 valence electrons. The van der Waals surface area contributed by atoms with Gasteiger partial charge in [-0.2, -0.15) is 0 Å². The molecule has 24 heavy (non-hydrogen) atoms. The Morgan fingerprint density at radius 3 is 2.75 bits per heavy atom. The topological polar surface area (TPSA) is 59.3 Å². The van der Waals surface area contributed by atoms with E-state index in [0.29, 0.717) is 23.6 Å². The van der Waals surface area contributed by atoms with Gasteiger partial charge in [0.2, 0.25) is 0 Å². The molecule has 1 heterocycles. The van der Waals surface area contributed by atoms with Crippen molar-refractivity contribution in [1.29, 1.82) is 0 Å². The van der Waals surface area contributed by atoms with Crippen molar-refractivity contribution in [2.75, 3.05) is 6.54 Å². The Labute approximate surface area is 139 Å². The lowest BCUT2D eigenvalue weighted by Gasteiger charge is -2.30. The molecule has 1 amide bonds. The first kappa shape index (κ1) is 14.7. The monoisotopic (exact) mass is 319 g/mol. The van der Waals surface area contributed by atoms with Crippen LogP contribution in [0.3, 0.4) is 0 Å². The minimum absolute atomic E-state index is 0.0984. The first-order chi connectivity index (χ1) is 11.6. The molecule has 0 saturated heterocycles. The van der Waals surface area contributed by atoms with E-state index in [4.69, 9.17) is 4.42 Å². The predicted molar refractivity (Wildman–Crippen MR) is 92.4 cm³/mol. The molecule has 4 heteroatoms. The maximum atomic E-state index is 12.5. The molecular weight excluding hydrogens is 302 g/mol. The van der Waals surface area contributed by atoms with Crippen LogP contribution in [0.4, 0.5) is 0 Å². The number of hydrogen-bond donors (Lipinski definition) is 1. The predicted octanol–water partition coefficient (Wildman–Crippen LogP) is 3.17. The average Bonchev–Trinajstić information content (AvgIpc) is 2.56. The molecular formula is C20H17NO3. The molecule has 0 fully saturated rings. The number of carbonyl (C=O) groups is 1. The van der Waals surface area contributed by atoms with Crippen LogP contribution in [-0.4, -0.2) is 12.5 Å². The minimum atomic E-state index is -0.585. The molecule has 3 aromatic rings. The smallest absolute Gasteiger partial charge is 0.349 e. The maximum absolute atomic E-state index is 12.5. The van der Waals surface area contributed by atoms with E-state index in [1.807, 2.05) is 24.3 Å². The highest BCUT2D eigenvalue weighted by Crippen LogP contribution is 2.34. The summed E-state index contributed by atoms with van der Waals surface area (Å²) >= 11 is 0. The molecule has 0 bridgehead atoms. The van der Waals surface area contributed by atoms with Crippen LogP contribution < -0.4 is 10.9 Å². The standard InChI is InChI=1S/C20H17NO3/c1-12-15-7-4-5-9-17(15)24-20(23)18(12)19(22)21-11-14-10-13-6-2-3-8-16(13)14/h2-9,14H,10-11H2,1H3,(H,21,22)/t14-/m0/s1. The van der Waals surface area contributed by atoms with E-state index in [-0.39, 0.29) is 11.5 Å². The van der Waals surface area contributed by atoms with E-state index in [9.17, 15) is 9.59 Å². The van der Waals surface area contributed by atoms with Gasteiger partial charge in [-0.05, 0) is 36.1 Å². The van der Waals surface area contributed by atoms with Crippen molar-refractivity contribution in [3.8, 4) is 0 Å². The molecule has 1 N–H and O–H groups in total. The van der Waals surface area contributed by atoms with Gasteiger partial charge in [-0.1, -0.05) is 42.5 Å². The number of nitrogens with one attached hydrogen (secondary N) is 1. The Hall–Kier alpha value is -2.88. The number of rotatable bonds is 3. The third-order valence-electron chi connectivity index (χ3n) is 4.77. The second-order valence-electron chi connectivity index (χ2n) is 6.20. The lowest BCUT2D eigenvalue weighted by molar-refractivity contribution is 0.0946. The van der Waals surface area contributed by atoms with Crippen LogP contribution in [0.15, 0.2) is 57.7 Å². The van der Waals surface area contributed by atoms with Gasteiger partial charge < -0.3 is 9.73 Å². The number of benzene rings is 2. The van der Waals surface area contributed by atoms with Crippen LogP contribution >= 0.6 is 0 Å². The molecule has 4 rings (SSSR count). The quantitative estimate of drug-likeness (QED) is 0.754. The molecule has 0 saturated carbocycles. The number of hydrogen-bond acceptors (Lipinski definition) is 3. The zero-order valence-electron chi connectivity index (χ0n) is 13.3. The average molecular weight is 319 g/mol. The Kier molecular flexibility index (Phi) is 3.45. The summed E-state index contributed by atoms with van der Waals surface area (Å²) in [5, 5.41) is 3.68. The zero-order valence-corrected chi connectivity index (χ0v) is 13.3. The summed E-state index contributed by atoms with van der Waals surface area (Å²) in [6, 6.07) is 15.5. The highest BCUT2D eigenvalue weighted by atomic mass is 16.4. The molecule has 1 aliphatic carbocycles. The number of amides is 1. The first-order valence-electron chi connectivity index (χ1n) is 8.03. The molecule has 1 atom stereocenters. The van der Waals surface area contributed by atoms with Gasteiger partial charge in [-0.25, -0.2) is 4.79 Å². The number of carbonyl (C=O) groups excluding carboxylic acids is 1. The molecule has 0 radical (unpaired) electrons. The molecule has 4 nitrogen and oxygen atoms in total. The third-order valence-corrected chi connectivity index (χ3v) is 4.77. The summed E-state index contributed by atoms with van der Waals surface area (Å²) in [4.78, 5) is 24.7. The highest BCUT2D eigenvalue weighted by Gasteiger charge is 2.26. The van der Waals surface area contributed by atoms with Crippen LogP contribution in [0.2, 0.25) is 0 Å². The van der Waals surface area contributed by atoms with Crippen LogP contribution in [0.5, 0.6) is 0 Å². The lowest BCUT2D eigenvalue weighted by atomic mass is 9.77. The lowest BCUT2D eigenvalue weighted by Crippen LogP contribution is -2.35. The summed E-state index contributed by atoms with van der Waals surface area (Å²) in [7, 11) is 0. The van der Waals surface area contributed by atoms with Gasteiger partial charge >= 0.3 is 5.63 Å². The van der Waals surface area contributed by atoms with E-state index in [1.54, 1.807) is 19.1 Å². The van der Waals surface area contributed by atoms with Gasteiger partial charge in [0.05, 0.1) is 0 Å². The van der Waals surface area contributed by atoms with Crippen molar-refractivity contribution >= 4 is 16.9 Å². The Morgan fingerprint density at radius 2 is 1.92 bits per heavy atom. The van der Waals surface area contributed by atoms with E-state index < -0.39 is 5.63 Å². The van der Waals surface area contributed by atoms with Crippen molar-refractivity contribution in [1.82, 2.24) is 5.32 Å². The molecule has 0 unspecified atom stereocenters. The molecule has 1 aromatic heterocycles. The Balaban J connectivity index is 1.57. The minimum Gasteiger partial charge on any atom is -0.422 e. The van der Waals surface area contributed by atoms with Gasteiger partial charge in [-0.15, -0.1) is 0 Å². The summed E-state index contributed by atoms with van der Waals surface area (Å²) in [6.07, 6.45) is 0.960. The van der Waals surface area contributed by atoms with Gasteiger partial charge in [0.15, 0.2) is 0 Å². The number of para-hydroxylation sites is 1. The zero-order chi connectivity index (χ0) is 16.7. The van der Waals surface area contributed by atoms with Crippen molar-refractivity contribution < 1.29 is 9.21 Å². The van der Waals surface area contributed by atoms with Gasteiger partial charge in [0.25, 0.3) is 5.91 Å². The largest absolute Gasteiger partial charge is 0.422 e. The van der Waals surface area contributed by atoms with E-state index >= 15 is 0 Å². The fourth-order valence-electron chi connectivity index (χ4n) is 3.42. The van der Waals surface area contributed by atoms with Crippen LogP contribution in [0, 0.1) is 6.92 Å². The molecule has 1 aliphatic rings. The molecule has 2 aromatic carbocycles. The molecule has 0 aliphatic heterocycles. The van der Waals surface area contributed by atoms with Crippen LogP contribution in [0.25, 0.3) is 11.0 Å². The van der Waals surface area contributed by atoms with Crippen molar-refractivity contribution in [2.45, 2.75) is 19.3 Å². The highest BCUT2D eigenvalue weighted by molar-refractivity contribution is 5.99. The van der Waals surface area contributed by atoms with Crippen molar-refractivity contribution in [3.63, 3.8) is 0 Å². The summed E-state index contributed by atoms with van der Waals surface area (Å²) in [6.45, 7) is 2.31. The van der Waals surface area contributed by atoms with E-state index in [0.717, 1.165) is 11.8 Å².